The van der Waals surface area contributed by atoms with Gasteiger partial charge in [-0.05, 0) is 60.2 Å². The Balaban J connectivity index is 1.65. The maximum Gasteiger partial charge on any atom is 0.278 e. The molecule has 0 spiro atoms. The number of para-hydroxylation sites is 1. The molecule has 1 amide bonds. The fraction of sp³-hybridized carbons (Fsp3) is 0.111. The van der Waals surface area contributed by atoms with Crippen molar-refractivity contribution in [3.8, 4) is 5.69 Å². The Bertz CT molecular complexity index is 1360. The van der Waals surface area contributed by atoms with E-state index in [0.717, 1.165) is 28.2 Å². The van der Waals surface area contributed by atoms with E-state index in [1.165, 1.54) is 12.1 Å². The van der Waals surface area contributed by atoms with Gasteiger partial charge in [-0.2, -0.15) is 5.10 Å². The summed E-state index contributed by atoms with van der Waals surface area (Å²) in [5.74, 6) is -0.535. The Morgan fingerprint density at radius 3 is 2.44 bits per heavy atom. The summed E-state index contributed by atoms with van der Waals surface area (Å²) < 4.78 is 21.0. The minimum absolute atomic E-state index is 0.234. The Labute approximate surface area is 201 Å². The Hall–Kier alpha value is -3.74. The molecule has 0 bridgehead atoms. The average molecular weight is 474 g/mol. The highest BCUT2D eigenvalue weighted by atomic mass is 35.5. The number of carbonyl (C=O) groups excluding carboxylic acids is 1. The molecule has 0 fully saturated rings. The van der Waals surface area contributed by atoms with Crippen LogP contribution >= 0.6 is 11.6 Å². The maximum atomic E-state index is 13.5. The second-order valence-corrected chi connectivity index (χ2v) is 8.41. The van der Waals surface area contributed by atoms with Crippen molar-refractivity contribution in [1.82, 2.24) is 9.78 Å². The molecule has 7 heteroatoms. The molecule has 0 atom stereocenters. The normalized spacial score (nSPS) is 14.1. The number of ether oxygens (including phenoxy) is 1. The Kier molecular flexibility index (Phi) is 6.01. The summed E-state index contributed by atoms with van der Waals surface area (Å²) in [4.78, 5) is 15.1. The highest BCUT2D eigenvalue weighted by Gasteiger charge is 2.30. The van der Waals surface area contributed by atoms with E-state index in [0.29, 0.717) is 22.9 Å². The third-order valence-electron chi connectivity index (χ3n) is 5.72. The van der Waals surface area contributed by atoms with Crippen LogP contribution in [0.2, 0.25) is 5.02 Å². The van der Waals surface area contributed by atoms with Crippen LogP contribution in [0.4, 0.5) is 10.1 Å². The molecule has 0 saturated heterocycles. The van der Waals surface area contributed by atoms with E-state index in [9.17, 15) is 9.18 Å². The van der Waals surface area contributed by atoms with Crippen molar-refractivity contribution in [2.45, 2.75) is 6.61 Å². The van der Waals surface area contributed by atoms with Gasteiger partial charge < -0.3 is 9.64 Å². The van der Waals surface area contributed by atoms with E-state index < -0.39 is 0 Å². The van der Waals surface area contributed by atoms with Crippen molar-refractivity contribution in [3.05, 3.63) is 112 Å². The summed E-state index contributed by atoms with van der Waals surface area (Å²) in [5.41, 5.74) is 5.03. The number of aromatic nitrogens is 2. The molecule has 0 saturated carbocycles. The summed E-state index contributed by atoms with van der Waals surface area (Å²) in [6.45, 7) is 0.596. The number of halogens is 2. The topological polar surface area (TPSA) is 47.4 Å². The number of hydrogen-bond acceptors (Lipinski definition) is 3. The number of anilines is 1. The monoisotopic (exact) mass is 473 g/mol. The predicted molar refractivity (Wildman–Crippen MR) is 132 cm³/mol. The van der Waals surface area contributed by atoms with Crippen molar-refractivity contribution in [3.63, 3.8) is 0 Å². The minimum atomic E-state index is -0.300. The van der Waals surface area contributed by atoms with E-state index in [2.05, 4.69) is 0 Å². The van der Waals surface area contributed by atoms with Gasteiger partial charge >= 0.3 is 0 Å². The first kappa shape index (κ1) is 22.1. The van der Waals surface area contributed by atoms with Gasteiger partial charge in [0, 0.05) is 28.9 Å². The summed E-state index contributed by atoms with van der Waals surface area (Å²) in [7, 11) is 1.73. The molecule has 34 heavy (non-hydrogen) atoms. The number of benzene rings is 3. The van der Waals surface area contributed by atoms with Crippen LogP contribution in [0.1, 0.15) is 27.3 Å². The lowest BCUT2D eigenvalue weighted by Crippen LogP contribution is -2.28. The van der Waals surface area contributed by atoms with Crippen molar-refractivity contribution >= 4 is 34.8 Å². The smallest absolute Gasteiger partial charge is 0.278 e. The van der Waals surface area contributed by atoms with Crippen LogP contribution in [-0.2, 0) is 11.3 Å². The molecule has 5 rings (SSSR count). The fourth-order valence-electron chi connectivity index (χ4n) is 3.99. The molecule has 1 aliphatic heterocycles. The van der Waals surface area contributed by atoms with Crippen molar-refractivity contribution in [1.29, 1.82) is 0 Å². The average Bonchev–Trinajstić information content (AvgIpc) is 3.26. The summed E-state index contributed by atoms with van der Waals surface area (Å²) in [5, 5.41) is 5.35. The molecule has 0 radical (unpaired) electrons. The Morgan fingerprint density at radius 2 is 1.74 bits per heavy atom. The van der Waals surface area contributed by atoms with Gasteiger partial charge in [0.1, 0.15) is 5.82 Å². The third-order valence-corrected chi connectivity index (χ3v) is 5.98. The van der Waals surface area contributed by atoms with Gasteiger partial charge in [0.2, 0.25) is 0 Å². The van der Waals surface area contributed by atoms with E-state index in [-0.39, 0.29) is 18.3 Å². The first-order chi connectivity index (χ1) is 16.5. The van der Waals surface area contributed by atoms with E-state index in [4.69, 9.17) is 21.4 Å². The largest absolute Gasteiger partial charge is 0.372 e. The van der Waals surface area contributed by atoms with Gasteiger partial charge in [-0.1, -0.05) is 41.9 Å². The molecule has 1 aliphatic rings. The van der Waals surface area contributed by atoms with Gasteiger partial charge in [0.25, 0.3) is 5.91 Å². The number of nitrogens with zero attached hydrogens (tertiary/aromatic N) is 3. The number of hydrogen-bond donors (Lipinski definition) is 0. The molecule has 3 aromatic carbocycles. The van der Waals surface area contributed by atoms with E-state index in [1.807, 2.05) is 48.5 Å². The van der Waals surface area contributed by atoms with Crippen LogP contribution in [0.15, 0.2) is 78.9 Å². The minimum Gasteiger partial charge on any atom is -0.372 e. The molecule has 5 nitrogen and oxygen atoms in total. The molecule has 1 aromatic heterocycles. The highest BCUT2D eigenvalue weighted by molar-refractivity contribution is 6.30. The molecule has 0 N–H and O–H groups in total. The van der Waals surface area contributed by atoms with Gasteiger partial charge in [-0.15, -0.1) is 0 Å². The molecule has 0 unspecified atom stereocenters. The number of carbonyl (C=O) groups is 1. The van der Waals surface area contributed by atoms with Crippen molar-refractivity contribution in [2.75, 3.05) is 18.6 Å². The first-order valence-electron chi connectivity index (χ1n) is 10.8. The second-order valence-electron chi connectivity index (χ2n) is 7.98. The van der Waals surface area contributed by atoms with Gasteiger partial charge in [-0.25, -0.2) is 9.07 Å². The number of fused-ring (bicyclic) bond motifs is 1. The Morgan fingerprint density at radius 1 is 1.03 bits per heavy atom. The van der Waals surface area contributed by atoms with Gasteiger partial charge in [0.15, 0.2) is 5.69 Å². The first-order valence-corrected chi connectivity index (χ1v) is 11.1. The zero-order valence-electron chi connectivity index (χ0n) is 18.4. The highest BCUT2D eigenvalue weighted by Crippen LogP contribution is 2.33. The lowest BCUT2D eigenvalue weighted by molar-refractivity contribution is 0.0979. The second kappa shape index (κ2) is 9.25. The molecular formula is C27H21ClFN3O2. The van der Waals surface area contributed by atoms with Crippen LogP contribution < -0.4 is 4.90 Å². The summed E-state index contributed by atoms with van der Waals surface area (Å²) >= 11 is 6.10. The van der Waals surface area contributed by atoms with Gasteiger partial charge in [-0.3, -0.25) is 4.79 Å². The fourth-order valence-corrected chi connectivity index (χ4v) is 4.11. The summed E-state index contributed by atoms with van der Waals surface area (Å²) in [6.07, 6.45) is 1.93. The number of rotatable bonds is 4. The SMILES string of the molecule is CN(C(=O)c1nn(-c2ccc(Cl)cc2)c2c1COCC2=Cc1ccc(F)cc1)c1ccccc1. The molecule has 4 aromatic rings. The standard InChI is InChI=1S/C27H21ClFN3O2/c1-31(22-5-3-2-4-6-22)27(33)25-24-17-34-16-19(15-18-7-11-21(29)12-8-18)26(24)32(30-25)23-13-9-20(28)10-14-23/h2-15H,16-17H2,1H3. The molecule has 2 heterocycles. The van der Waals surface area contributed by atoms with Crippen molar-refractivity contribution in [2.24, 2.45) is 0 Å². The quantitative estimate of drug-likeness (QED) is 0.364. The maximum absolute atomic E-state index is 13.5. The zero-order valence-corrected chi connectivity index (χ0v) is 19.2. The summed E-state index contributed by atoms with van der Waals surface area (Å²) in [6, 6.07) is 22.9. The van der Waals surface area contributed by atoms with Crippen LogP contribution in [0, 0.1) is 5.82 Å². The molecule has 0 aliphatic carbocycles. The zero-order chi connectivity index (χ0) is 23.7. The third kappa shape index (κ3) is 4.25. The van der Waals surface area contributed by atoms with Crippen LogP contribution in [-0.4, -0.2) is 29.3 Å². The molecular weight excluding hydrogens is 453 g/mol. The van der Waals surface area contributed by atoms with Crippen LogP contribution in [0.3, 0.4) is 0 Å². The van der Waals surface area contributed by atoms with Crippen LogP contribution in [0.25, 0.3) is 17.3 Å². The van der Waals surface area contributed by atoms with E-state index >= 15 is 0 Å². The molecule has 170 valence electrons. The predicted octanol–water partition coefficient (Wildman–Crippen LogP) is 6.01. The number of amides is 1. The lowest BCUT2D eigenvalue weighted by Gasteiger charge is -2.20. The van der Waals surface area contributed by atoms with Gasteiger partial charge in [0.05, 0.1) is 24.6 Å². The lowest BCUT2D eigenvalue weighted by atomic mass is 10.0. The van der Waals surface area contributed by atoms with Crippen LogP contribution in [0.5, 0.6) is 0 Å². The van der Waals surface area contributed by atoms with Crippen molar-refractivity contribution < 1.29 is 13.9 Å². The van der Waals surface area contributed by atoms with E-state index in [1.54, 1.807) is 40.9 Å².